The van der Waals surface area contributed by atoms with Crippen LogP contribution in [0.25, 0.3) is 10.7 Å². The molecule has 2 aromatic heterocycles. The van der Waals surface area contributed by atoms with Gasteiger partial charge in [-0.3, -0.25) is 9.88 Å². The van der Waals surface area contributed by atoms with Gasteiger partial charge < -0.3 is 5.11 Å². The fraction of sp³-hybridized carbons (Fsp3) is 0.500. The van der Waals surface area contributed by atoms with E-state index in [-0.39, 0.29) is 12.0 Å². The zero-order chi connectivity index (χ0) is 14.7. The van der Waals surface area contributed by atoms with E-state index >= 15 is 0 Å². The van der Waals surface area contributed by atoms with Crippen LogP contribution in [0.15, 0.2) is 30.6 Å². The lowest BCUT2D eigenvalue weighted by Gasteiger charge is -2.39. The Labute approximate surface area is 129 Å². The van der Waals surface area contributed by atoms with Gasteiger partial charge in [-0.15, -0.1) is 11.3 Å². The maximum atomic E-state index is 9.54. The number of pyridine rings is 1. The van der Waals surface area contributed by atoms with Crippen molar-refractivity contribution in [2.45, 2.75) is 26.3 Å². The Hall–Kier alpha value is -1.30. The van der Waals surface area contributed by atoms with E-state index in [9.17, 15) is 5.11 Å². The molecule has 4 nitrogen and oxygen atoms in total. The molecule has 3 heterocycles. The summed E-state index contributed by atoms with van der Waals surface area (Å²) in [7, 11) is 0. The zero-order valence-electron chi connectivity index (χ0n) is 12.3. The van der Waals surface area contributed by atoms with Gasteiger partial charge in [-0.1, -0.05) is 13.0 Å². The normalized spacial score (nSPS) is 23.3. The number of hydrogen-bond donors (Lipinski definition) is 1. The maximum Gasteiger partial charge on any atom is 0.142 e. The lowest BCUT2D eigenvalue weighted by Crippen LogP contribution is -2.42. The molecule has 0 aromatic carbocycles. The van der Waals surface area contributed by atoms with Crippen LogP contribution in [0.3, 0.4) is 0 Å². The molecule has 1 aliphatic rings. The molecule has 0 spiro atoms. The lowest BCUT2D eigenvalue weighted by atomic mass is 9.83. The van der Waals surface area contributed by atoms with Gasteiger partial charge in [0, 0.05) is 42.4 Å². The van der Waals surface area contributed by atoms with E-state index in [0.717, 1.165) is 43.2 Å². The van der Waals surface area contributed by atoms with Crippen LogP contribution in [-0.2, 0) is 6.54 Å². The summed E-state index contributed by atoms with van der Waals surface area (Å²) >= 11 is 1.71. The molecular formula is C16H21N3OS. The average Bonchev–Trinajstić information content (AvgIpc) is 2.97. The summed E-state index contributed by atoms with van der Waals surface area (Å²) in [6.07, 6.45) is 6.03. The van der Waals surface area contributed by atoms with Gasteiger partial charge in [-0.05, 0) is 31.5 Å². The third-order valence-corrected chi connectivity index (χ3v) is 5.06. The molecule has 0 saturated carbocycles. The fourth-order valence-electron chi connectivity index (χ4n) is 2.90. The first-order valence-electron chi connectivity index (χ1n) is 7.38. The molecule has 0 radical (unpaired) electrons. The summed E-state index contributed by atoms with van der Waals surface area (Å²) < 4.78 is 0. The topological polar surface area (TPSA) is 49.2 Å². The van der Waals surface area contributed by atoms with Gasteiger partial charge in [0.1, 0.15) is 5.01 Å². The standard InChI is InChI=1S/C16H21N3OS/c1-16(12-20)6-4-8-19(11-16)10-13-9-18-15(21-13)14-5-2-3-7-17-14/h2-3,5,7,9,20H,4,6,8,10-12H2,1H3. The number of likely N-dealkylation sites (tertiary alicyclic amines) is 1. The number of aliphatic hydroxyl groups excluding tert-OH is 1. The van der Waals surface area contributed by atoms with Gasteiger partial charge >= 0.3 is 0 Å². The third-order valence-electron chi connectivity index (χ3n) is 4.06. The van der Waals surface area contributed by atoms with Crippen LogP contribution in [-0.4, -0.2) is 39.7 Å². The van der Waals surface area contributed by atoms with Crippen molar-refractivity contribution in [3.8, 4) is 10.7 Å². The van der Waals surface area contributed by atoms with Gasteiger partial charge in [-0.2, -0.15) is 0 Å². The van der Waals surface area contributed by atoms with Crippen LogP contribution in [0.1, 0.15) is 24.6 Å². The molecule has 0 aliphatic carbocycles. The Morgan fingerprint density at radius 2 is 2.29 bits per heavy atom. The Kier molecular flexibility index (Phi) is 4.33. The molecular weight excluding hydrogens is 282 g/mol. The summed E-state index contributed by atoms with van der Waals surface area (Å²) in [5.41, 5.74) is 0.986. The Morgan fingerprint density at radius 1 is 1.38 bits per heavy atom. The minimum Gasteiger partial charge on any atom is -0.396 e. The van der Waals surface area contributed by atoms with Crippen molar-refractivity contribution in [3.63, 3.8) is 0 Å². The van der Waals surface area contributed by atoms with Crippen molar-refractivity contribution in [1.29, 1.82) is 0 Å². The van der Waals surface area contributed by atoms with E-state index in [1.807, 2.05) is 24.4 Å². The SMILES string of the molecule is CC1(CO)CCCN(Cc2cnc(-c3ccccn3)s2)C1. The average molecular weight is 303 g/mol. The van der Waals surface area contributed by atoms with E-state index in [0.29, 0.717) is 0 Å². The van der Waals surface area contributed by atoms with Crippen LogP contribution in [0.4, 0.5) is 0 Å². The molecule has 1 unspecified atom stereocenters. The molecule has 21 heavy (non-hydrogen) atoms. The second-order valence-electron chi connectivity index (χ2n) is 6.13. The molecule has 3 rings (SSSR count). The number of aliphatic hydroxyl groups is 1. The summed E-state index contributed by atoms with van der Waals surface area (Å²) in [6.45, 7) is 5.42. The minimum absolute atomic E-state index is 0.0484. The fourth-order valence-corrected chi connectivity index (χ4v) is 3.83. The molecule has 0 amide bonds. The van der Waals surface area contributed by atoms with Gasteiger partial charge in [0.2, 0.25) is 0 Å². The van der Waals surface area contributed by atoms with Crippen molar-refractivity contribution in [2.24, 2.45) is 5.41 Å². The van der Waals surface area contributed by atoms with Gasteiger partial charge in [0.05, 0.1) is 5.69 Å². The number of thiazole rings is 1. The number of aromatic nitrogens is 2. The van der Waals surface area contributed by atoms with Crippen molar-refractivity contribution < 1.29 is 5.11 Å². The van der Waals surface area contributed by atoms with E-state index < -0.39 is 0 Å². The summed E-state index contributed by atoms with van der Waals surface area (Å²) in [5, 5.41) is 10.5. The summed E-state index contributed by atoms with van der Waals surface area (Å²) in [6, 6.07) is 5.90. The van der Waals surface area contributed by atoms with Crippen molar-refractivity contribution in [1.82, 2.24) is 14.9 Å². The highest BCUT2D eigenvalue weighted by atomic mass is 32.1. The molecule has 2 aromatic rings. The van der Waals surface area contributed by atoms with Gasteiger partial charge in [0.25, 0.3) is 0 Å². The molecule has 1 saturated heterocycles. The van der Waals surface area contributed by atoms with Crippen LogP contribution < -0.4 is 0 Å². The van der Waals surface area contributed by atoms with E-state index in [2.05, 4.69) is 21.8 Å². The van der Waals surface area contributed by atoms with E-state index in [1.165, 1.54) is 4.88 Å². The molecule has 1 N–H and O–H groups in total. The van der Waals surface area contributed by atoms with Crippen LogP contribution in [0, 0.1) is 5.41 Å². The third kappa shape index (κ3) is 3.48. The number of rotatable bonds is 4. The zero-order valence-corrected chi connectivity index (χ0v) is 13.1. The number of hydrogen-bond acceptors (Lipinski definition) is 5. The minimum atomic E-state index is 0.0484. The maximum absolute atomic E-state index is 9.54. The smallest absolute Gasteiger partial charge is 0.142 e. The molecule has 5 heteroatoms. The van der Waals surface area contributed by atoms with E-state index in [1.54, 1.807) is 17.5 Å². The largest absolute Gasteiger partial charge is 0.396 e. The second-order valence-corrected chi connectivity index (χ2v) is 7.24. The summed E-state index contributed by atoms with van der Waals surface area (Å²) in [5.74, 6) is 0. The van der Waals surface area contributed by atoms with Crippen LogP contribution in [0.2, 0.25) is 0 Å². The van der Waals surface area contributed by atoms with Gasteiger partial charge in [0.15, 0.2) is 0 Å². The second kappa shape index (κ2) is 6.22. The van der Waals surface area contributed by atoms with Crippen molar-refractivity contribution in [3.05, 3.63) is 35.5 Å². The molecule has 112 valence electrons. The quantitative estimate of drug-likeness (QED) is 0.943. The Bertz CT molecular complexity index is 586. The summed E-state index contributed by atoms with van der Waals surface area (Å²) in [4.78, 5) is 12.5. The Balaban J connectivity index is 1.67. The van der Waals surface area contributed by atoms with Crippen molar-refractivity contribution >= 4 is 11.3 Å². The predicted octanol–water partition coefficient (Wildman–Crippen LogP) is 2.80. The molecule has 1 fully saturated rings. The first-order chi connectivity index (χ1) is 10.2. The first-order valence-corrected chi connectivity index (χ1v) is 8.19. The predicted molar refractivity (Wildman–Crippen MR) is 85.0 cm³/mol. The van der Waals surface area contributed by atoms with Gasteiger partial charge in [-0.25, -0.2) is 4.98 Å². The number of nitrogens with zero attached hydrogens (tertiary/aromatic N) is 3. The van der Waals surface area contributed by atoms with Crippen LogP contribution in [0.5, 0.6) is 0 Å². The first kappa shape index (κ1) is 14.6. The molecule has 1 atom stereocenters. The highest BCUT2D eigenvalue weighted by Crippen LogP contribution is 2.31. The number of piperidine rings is 1. The van der Waals surface area contributed by atoms with Crippen LogP contribution >= 0.6 is 11.3 Å². The van der Waals surface area contributed by atoms with Crippen molar-refractivity contribution in [2.75, 3.05) is 19.7 Å². The highest BCUT2D eigenvalue weighted by Gasteiger charge is 2.30. The lowest BCUT2D eigenvalue weighted by molar-refractivity contribution is 0.0434. The molecule has 1 aliphatic heterocycles. The van der Waals surface area contributed by atoms with E-state index in [4.69, 9.17) is 0 Å². The molecule has 0 bridgehead atoms. The Morgan fingerprint density at radius 3 is 3.05 bits per heavy atom. The highest BCUT2D eigenvalue weighted by molar-refractivity contribution is 7.14. The monoisotopic (exact) mass is 303 g/mol.